The van der Waals surface area contributed by atoms with Gasteiger partial charge in [0, 0.05) is 34.1 Å². The van der Waals surface area contributed by atoms with Gasteiger partial charge in [0.2, 0.25) is 0 Å². The SMILES string of the molecule is c1ccc(N(c2ccccc2)c2ccc3c(c2)[Si]2(c4ccccc4Oc4ccccc42)c2cc(N(c4ccccc4)c4ccccc4)ccc2-3)cc1. The molecule has 0 amide bonds. The molecule has 0 aromatic heterocycles. The molecule has 0 atom stereocenters. The van der Waals surface area contributed by atoms with Crippen molar-refractivity contribution >= 4 is 62.9 Å². The summed E-state index contributed by atoms with van der Waals surface area (Å²) in [5, 5.41) is 5.31. The number of hydrogen-bond acceptors (Lipinski definition) is 3. The number of rotatable bonds is 6. The highest BCUT2D eigenvalue weighted by Crippen LogP contribution is 2.42. The average Bonchev–Trinajstić information content (AvgIpc) is 3.49. The summed E-state index contributed by atoms with van der Waals surface area (Å²) < 4.78 is 6.74. The Morgan fingerprint density at radius 1 is 0.288 bits per heavy atom. The predicted molar refractivity (Wildman–Crippen MR) is 218 cm³/mol. The summed E-state index contributed by atoms with van der Waals surface area (Å²) in [4.78, 5) is 4.75. The first-order valence-electron chi connectivity index (χ1n) is 17.8. The van der Waals surface area contributed by atoms with Gasteiger partial charge in [0.25, 0.3) is 0 Å². The molecule has 8 aromatic carbocycles. The molecule has 246 valence electrons. The van der Waals surface area contributed by atoms with Gasteiger partial charge in [-0.3, -0.25) is 0 Å². The Morgan fingerprint density at radius 3 is 0.981 bits per heavy atom. The zero-order valence-corrected chi connectivity index (χ0v) is 29.4. The van der Waals surface area contributed by atoms with Crippen LogP contribution < -0.4 is 35.3 Å². The molecule has 10 rings (SSSR count). The van der Waals surface area contributed by atoms with Gasteiger partial charge in [-0.15, -0.1) is 0 Å². The van der Waals surface area contributed by atoms with Crippen molar-refractivity contribution in [3.05, 3.63) is 206 Å². The van der Waals surface area contributed by atoms with Gasteiger partial charge in [-0.05, 0) is 117 Å². The molecular formula is C48H34N2OSi. The van der Waals surface area contributed by atoms with Crippen molar-refractivity contribution in [3.8, 4) is 22.6 Å². The first-order valence-corrected chi connectivity index (χ1v) is 19.8. The van der Waals surface area contributed by atoms with Crippen molar-refractivity contribution < 1.29 is 4.74 Å². The van der Waals surface area contributed by atoms with Crippen LogP contribution in [0.5, 0.6) is 11.5 Å². The van der Waals surface area contributed by atoms with Gasteiger partial charge in [-0.1, -0.05) is 121 Å². The third-order valence-electron chi connectivity index (χ3n) is 10.5. The van der Waals surface area contributed by atoms with E-state index in [0.717, 1.165) is 45.6 Å². The molecule has 2 aliphatic rings. The number of para-hydroxylation sites is 6. The second-order valence-corrected chi connectivity index (χ2v) is 17.0. The molecular weight excluding hydrogens is 649 g/mol. The summed E-state index contributed by atoms with van der Waals surface area (Å²) in [7, 11) is -2.94. The molecule has 0 saturated carbocycles. The second-order valence-electron chi connectivity index (χ2n) is 13.3. The first kappa shape index (κ1) is 30.2. The molecule has 4 heteroatoms. The standard InChI is InChI=1S/C48H34N2OSi/c1-5-17-35(18-6-1)49(36-19-7-2-8-20-36)39-29-31-41-42-32-30-40(50(37-21-9-3-10-22-37)38-23-11-4-12-24-38)34-48(42)52(47(41)33-39)45-27-15-13-25-43(45)51-44-26-14-16-28-46(44)52/h1-34H. The largest absolute Gasteiger partial charge is 0.458 e. The van der Waals surface area contributed by atoms with Gasteiger partial charge < -0.3 is 14.5 Å². The van der Waals surface area contributed by atoms with Gasteiger partial charge in [0.15, 0.2) is 8.07 Å². The summed E-state index contributed by atoms with van der Waals surface area (Å²) in [6.45, 7) is 0. The highest BCUT2D eigenvalue weighted by atomic mass is 28.3. The van der Waals surface area contributed by atoms with Crippen molar-refractivity contribution in [1.29, 1.82) is 0 Å². The quantitative estimate of drug-likeness (QED) is 0.162. The summed E-state index contributed by atoms with van der Waals surface area (Å²) in [6.07, 6.45) is 0. The maximum absolute atomic E-state index is 6.74. The number of ether oxygens (including phenoxy) is 1. The van der Waals surface area contributed by atoms with E-state index in [1.807, 2.05) is 0 Å². The number of hydrogen-bond donors (Lipinski definition) is 0. The maximum atomic E-state index is 6.74. The van der Waals surface area contributed by atoms with Gasteiger partial charge in [0.05, 0.1) is 0 Å². The van der Waals surface area contributed by atoms with E-state index >= 15 is 0 Å². The Morgan fingerprint density at radius 2 is 0.615 bits per heavy atom. The van der Waals surface area contributed by atoms with Crippen LogP contribution in [0, 0.1) is 0 Å². The number of nitrogens with zero attached hydrogens (tertiary/aromatic N) is 2. The van der Waals surface area contributed by atoms with Gasteiger partial charge in [-0.2, -0.15) is 0 Å². The Balaban J connectivity index is 1.27. The maximum Gasteiger partial charge on any atom is 0.189 e. The van der Waals surface area contributed by atoms with E-state index in [9.17, 15) is 0 Å². The van der Waals surface area contributed by atoms with Crippen LogP contribution in [0.25, 0.3) is 11.1 Å². The third-order valence-corrected chi connectivity index (χ3v) is 15.4. The minimum Gasteiger partial charge on any atom is -0.458 e. The van der Waals surface area contributed by atoms with Crippen LogP contribution in [0.4, 0.5) is 34.1 Å². The van der Waals surface area contributed by atoms with Crippen LogP contribution in [0.15, 0.2) is 206 Å². The Kier molecular flexibility index (Phi) is 7.15. The summed E-state index contributed by atoms with van der Waals surface area (Å²) in [6, 6.07) is 74.5. The van der Waals surface area contributed by atoms with Crippen LogP contribution in [0.3, 0.4) is 0 Å². The van der Waals surface area contributed by atoms with Crippen LogP contribution in [0.1, 0.15) is 0 Å². The second kappa shape index (κ2) is 12.3. The van der Waals surface area contributed by atoms with Gasteiger partial charge in [-0.25, -0.2) is 0 Å². The number of fused-ring (bicyclic) bond motifs is 9. The topological polar surface area (TPSA) is 15.7 Å². The van der Waals surface area contributed by atoms with Crippen LogP contribution in [0.2, 0.25) is 0 Å². The normalized spacial score (nSPS) is 12.9. The van der Waals surface area contributed by atoms with Crippen LogP contribution in [-0.4, -0.2) is 8.07 Å². The number of benzene rings is 8. The third kappa shape index (κ3) is 4.65. The minimum absolute atomic E-state index is 0.938. The van der Waals surface area contributed by atoms with E-state index in [0.29, 0.717) is 0 Å². The van der Waals surface area contributed by atoms with Crippen molar-refractivity contribution in [3.63, 3.8) is 0 Å². The predicted octanol–water partition coefficient (Wildman–Crippen LogP) is 10.1. The van der Waals surface area contributed by atoms with Crippen LogP contribution in [-0.2, 0) is 0 Å². The van der Waals surface area contributed by atoms with Crippen molar-refractivity contribution in [2.24, 2.45) is 0 Å². The Labute approximate surface area is 305 Å². The van der Waals surface area contributed by atoms with E-state index in [1.165, 1.54) is 31.9 Å². The molecule has 3 nitrogen and oxygen atoms in total. The molecule has 0 saturated heterocycles. The van der Waals surface area contributed by atoms with Gasteiger partial charge >= 0.3 is 0 Å². The highest BCUT2D eigenvalue weighted by Gasteiger charge is 2.54. The van der Waals surface area contributed by atoms with Crippen molar-refractivity contribution in [2.45, 2.75) is 0 Å². The molecule has 0 unspecified atom stereocenters. The zero-order valence-electron chi connectivity index (χ0n) is 28.4. The fourth-order valence-electron chi connectivity index (χ4n) is 8.36. The molecule has 2 aliphatic heterocycles. The molecule has 0 N–H and O–H groups in total. The first-order chi connectivity index (χ1) is 25.8. The molecule has 52 heavy (non-hydrogen) atoms. The van der Waals surface area contributed by atoms with E-state index < -0.39 is 8.07 Å². The van der Waals surface area contributed by atoms with E-state index in [-0.39, 0.29) is 0 Å². The van der Waals surface area contributed by atoms with E-state index in [2.05, 4.69) is 216 Å². The monoisotopic (exact) mass is 682 g/mol. The van der Waals surface area contributed by atoms with Crippen molar-refractivity contribution in [1.82, 2.24) is 0 Å². The molecule has 0 bridgehead atoms. The zero-order chi connectivity index (χ0) is 34.5. The lowest BCUT2D eigenvalue weighted by Gasteiger charge is -2.38. The Hall–Kier alpha value is -6.62. The van der Waals surface area contributed by atoms with Crippen LogP contribution >= 0.6 is 0 Å². The van der Waals surface area contributed by atoms with E-state index in [4.69, 9.17) is 4.74 Å². The van der Waals surface area contributed by atoms with Gasteiger partial charge in [0.1, 0.15) is 11.5 Å². The fourth-order valence-corrected chi connectivity index (χ4v) is 13.8. The molecule has 2 heterocycles. The summed E-state index contributed by atoms with van der Waals surface area (Å²) in [5.74, 6) is 1.88. The highest BCUT2D eigenvalue weighted by molar-refractivity contribution is 7.23. The summed E-state index contributed by atoms with van der Waals surface area (Å²) in [5.41, 5.74) is 9.33. The molecule has 0 aliphatic carbocycles. The summed E-state index contributed by atoms with van der Waals surface area (Å²) >= 11 is 0. The Bertz CT molecular complexity index is 2300. The van der Waals surface area contributed by atoms with E-state index in [1.54, 1.807) is 0 Å². The molecule has 0 fully saturated rings. The molecule has 0 radical (unpaired) electrons. The lowest BCUT2D eigenvalue weighted by Crippen LogP contribution is -2.74. The minimum atomic E-state index is -2.94. The lowest BCUT2D eigenvalue weighted by atomic mass is 10.0. The average molecular weight is 683 g/mol. The molecule has 8 aromatic rings. The fraction of sp³-hybridized carbons (Fsp3) is 0. The lowest BCUT2D eigenvalue weighted by molar-refractivity contribution is 0.487. The smallest absolute Gasteiger partial charge is 0.189 e. The number of anilines is 6. The van der Waals surface area contributed by atoms with Crippen molar-refractivity contribution in [2.75, 3.05) is 9.80 Å². The molecule has 1 spiro atoms.